The zero-order valence-corrected chi connectivity index (χ0v) is 23.5. The second kappa shape index (κ2) is 10.7. The molecule has 2 N–H and O–H groups in total. The van der Waals surface area contributed by atoms with Gasteiger partial charge in [-0.15, -0.1) is 0 Å². The third-order valence-corrected chi connectivity index (χ3v) is 17.5. The molecule has 0 aliphatic rings. The van der Waals surface area contributed by atoms with E-state index in [-0.39, 0.29) is 11.5 Å². The summed E-state index contributed by atoms with van der Waals surface area (Å²) in [6.45, 7) is 0. The summed E-state index contributed by atoms with van der Waals surface area (Å²) in [6.07, 6.45) is 0. The van der Waals surface area contributed by atoms with Crippen LogP contribution in [0.1, 0.15) is 0 Å². The molecule has 0 amide bonds. The Balaban J connectivity index is 1.55. The Morgan fingerprint density at radius 2 is 0.538 bits per heavy atom. The first-order valence-electron chi connectivity index (χ1n) is 13.1. The van der Waals surface area contributed by atoms with Gasteiger partial charge in [-0.1, -0.05) is 0 Å². The molecule has 39 heavy (non-hydrogen) atoms. The van der Waals surface area contributed by atoms with Crippen LogP contribution in [0.15, 0.2) is 158 Å². The van der Waals surface area contributed by atoms with E-state index < -0.39 is 13.3 Å². The standard InChI is InChI=1S/C36H28GeO2/c38-35-23-15-29(16-24-35)27-11-19-33(20-12-27)37(31-7-3-1-4-8-31,32-9-5-2-6-10-32)34-21-13-28(14-22-34)30-17-25-36(39)26-18-30/h1-26,38-39H. The summed E-state index contributed by atoms with van der Waals surface area (Å²) in [7, 11) is 0. The molecule has 6 aromatic carbocycles. The first-order chi connectivity index (χ1) is 19.1. The molecule has 0 fully saturated rings. The van der Waals surface area contributed by atoms with Crippen molar-refractivity contribution in [2.75, 3.05) is 0 Å². The summed E-state index contributed by atoms with van der Waals surface area (Å²) in [6, 6.07) is 54.7. The summed E-state index contributed by atoms with van der Waals surface area (Å²) >= 11 is -3.38. The van der Waals surface area contributed by atoms with Gasteiger partial charge in [-0.3, -0.25) is 0 Å². The van der Waals surface area contributed by atoms with Crippen molar-refractivity contribution in [3.8, 4) is 33.8 Å². The average Bonchev–Trinajstić information content (AvgIpc) is 3.00. The van der Waals surface area contributed by atoms with E-state index in [1.165, 1.54) is 17.6 Å². The maximum atomic E-state index is 9.73. The molecule has 0 heterocycles. The maximum absolute atomic E-state index is 9.73. The topological polar surface area (TPSA) is 40.5 Å². The molecule has 3 heteroatoms. The molecular formula is C36H28GeO2. The third kappa shape index (κ3) is 4.76. The number of phenols is 2. The van der Waals surface area contributed by atoms with Crippen molar-refractivity contribution >= 4 is 30.8 Å². The van der Waals surface area contributed by atoms with Gasteiger partial charge in [0.2, 0.25) is 0 Å². The van der Waals surface area contributed by atoms with Crippen molar-refractivity contribution in [2.24, 2.45) is 0 Å². The van der Waals surface area contributed by atoms with Gasteiger partial charge in [0, 0.05) is 0 Å². The summed E-state index contributed by atoms with van der Waals surface area (Å²) in [4.78, 5) is 0. The van der Waals surface area contributed by atoms with Gasteiger partial charge in [0.15, 0.2) is 0 Å². The van der Waals surface area contributed by atoms with Crippen molar-refractivity contribution in [3.63, 3.8) is 0 Å². The van der Waals surface area contributed by atoms with Crippen molar-refractivity contribution in [1.82, 2.24) is 0 Å². The van der Waals surface area contributed by atoms with E-state index in [0.29, 0.717) is 0 Å². The van der Waals surface area contributed by atoms with Crippen LogP contribution in [0, 0.1) is 0 Å². The van der Waals surface area contributed by atoms with Gasteiger partial charge in [0.1, 0.15) is 0 Å². The van der Waals surface area contributed by atoms with E-state index in [4.69, 9.17) is 0 Å². The zero-order chi connectivity index (χ0) is 26.7. The van der Waals surface area contributed by atoms with Crippen molar-refractivity contribution in [3.05, 3.63) is 158 Å². The Hall–Kier alpha value is -4.54. The first-order valence-corrected chi connectivity index (χ1v) is 17.3. The van der Waals surface area contributed by atoms with Gasteiger partial charge in [-0.05, 0) is 0 Å². The molecule has 0 radical (unpaired) electrons. The molecule has 0 aliphatic carbocycles. The Labute approximate surface area is 231 Å². The van der Waals surface area contributed by atoms with Crippen LogP contribution in [-0.4, -0.2) is 23.5 Å². The molecule has 188 valence electrons. The molecule has 0 saturated carbocycles. The fourth-order valence-corrected chi connectivity index (χ4v) is 15.4. The van der Waals surface area contributed by atoms with Gasteiger partial charge in [0.05, 0.1) is 0 Å². The van der Waals surface area contributed by atoms with Gasteiger partial charge in [-0.2, -0.15) is 0 Å². The van der Waals surface area contributed by atoms with Crippen molar-refractivity contribution in [2.45, 2.75) is 0 Å². The fraction of sp³-hybridized carbons (Fsp3) is 0. The quantitative estimate of drug-likeness (QED) is 0.251. The van der Waals surface area contributed by atoms with E-state index in [1.807, 2.05) is 24.3 Å². The van der Waals surface area contributed by atoms with Crippen LogP contribution in [0.3, 0.4) is 0 Å². The van der Waals surface area contributed by atoms with Gasteiger partial charge >= 0.3 is 233 Å². The Morgan fingerprint density at radius 1 is 0.282 bits per heavy atom. The van der Waals surface area contributed by atoms with Crippen LogP contribution in [0.5, 0.6) is 11.5 Å². The molecule has 0 unspecified atom stereocenters. The minimum absolute atomic E-state index is 0.272. The number of hydrogen-bond acceptors (Lipinski definition) is 2. The Bertz CT molecular complexity index is 1530. The number of benzene rings is 6. The number of hydrogen-bond donors (Lipinski definition) is 2. The molecule has 0 atom stereocenters. The Kier molecular flexibility index (Phi) is 6.79. The van der Waals surface area contributed by atoms with Crippen LogP contribution in [0.25, 0.3) is 22.3 Å². The molecular weight excluding hydrogens is 537 g/mol. The number of rotatable bonds is 6. The Morgan fingerprint density at radius 3 is 0.846 bits per heavy atom. The molecule has 2 nitrogen and oxygen atoms in total. The van der Waals surface area contributed by atoms with Crippen LogP contribution < -0.4 is 17.6 Å². The number of aromatic hydroxyl groups is 2. The molecule has 0 aromatic heterocycles. The van der Waals surface area contributed by atoms with Crippen LogP contribution >= 0.6 is 0 Å². The van der Waals surface area contributed by atoms with E-state index in [1.54, 1.807) is 24.3 Å². The fourth-order valence-electron chi connectivity index (χ4n) is 5.51. The van der Waals surface area contributed by atoms with Gasteiger partial charge < -0.3 is 0 Å². The summed E-state index contributed by atoms with van der Waals surface area (Å²) < 4.78 is 5.46. The average molecular weight is 565 g/mol. The van der Waals surface area contributed by atoms with Gasteiger partial charge in [-0.25, -0.2) is 0 Å². The zero-order valence-electron chi connectivity index (χ0n) is 21.4. The van der Waals surface area contributed by atoms with E-state index in [0.717, 1.165) is 22.3 Å². The second-order valence-corrected chi connectivity index (χ2v) is 17.7. The molecule has 0 saturated heterocycles. The molecule has 0 spiro atoms. The van der Waals surface area contributed by atoms with E-state index in [2.05, 4.69) is 109 Å². The van der Waals surface area contributed by atoms with Crippen LogP contribution in [0.2, 0.25) is 0 Å². The van der Waals surface area contributed by atoms with Crippen molar-refractivity contribution in [1.29, 1.82) is 0 Å². The first kappa shape index (κ1) is 24.8. The predicted octanol–water partition coefficient (Wildman–Crippen LogP) is 5.81. The summed E-state index contributed by atoms with van der Waals surface area (Å²) in [5.41, 5.74) is 4.41. The predicted molar refractivity (Wildman–Crippen MR) is 164 cm³/mol. The summed E-state index contributed by atoms with van der Waals surface area (Å²) in [5.74, 6) is 0.543. The SMILES string of the molecule is Oc1ccc(-c2cc[c]([Ge]([c]3ccccc3)([c]3ccccc3)[c]3ccc(-c4ccc(O)cc4)cc3)cc2)cc1. The normalized spacial score (nSPS) is 11.3. The van der Waals surface area contributed by atoms with Gasteiger partial charge in [0.25, 0.3) is 0 Å². The second-order valence-electron chi connectivity index (χ2n) is 9.73. The van der Waals surface area contributed by atoms with Crippen LogP contribution in [-0.2, 0) is 0 Å². The third-order valence-electron chi connectivity index (χ3n) is 7.45. The van der Waals surface area contributed by atoms with Crippen molar-refractivity contribution < 1.29 is 10.2 Å². The molecule has 0 bridgehead atoms. The van der Waals surface area contributed by atoms with Crippen LogP contribution in [0.4, 0.5) is 0 Å². The molecule has 0 aliphatic heterocycles. The summed E-state index contributed by atoms with van der Waals surface area (Å²) in [5, 5.41) is 19.5. The van der Waals surface area contributed by atoms with E-state index >= 15 is 0 Å². The molecule has 6 rings (SSSR count). The monoisotopic (exact) mass is 566 g/mol. The minimum atomic E-state index is -3.38. The molecule has 6 aromatic rings. The van der Waals surface area contributed by atoms with E-state index in [9.17, 15) is 10.2 Å². The number of phenolic OH excluding ortho intramolecular Hbond substituents is 2.